The zero-order valence-corrected chi connectivity index (χ0v) is 22.3. The molecule has 1 aliphatic rings. The number of benzene rings is 2. The molecule has 1 fully saturated rings. The van der Waals surface area contributed by atoms with Crippen molar-refractivity contribution in [2.24, 2.45) is 0 Å². The summed E-state index contributed by atoms with van der Waals surface area (Å²) in [6.07, 6.45) is 3.69. The Morgan fingerprint density at radius 1 is 1.08 bits per heavy atom. The number of aromatic amines is 1. The minimum absolute atomic E-state index is 0.149. The van der Waals surface area contributed by atoms with Crippen molar-refractivity contribution in [2.45, 2.75) is 25.8 Å². The first-order valence-corrected chi connectivity index (χ1v) is 13.2. The summed E-state index contributed by atoms with van der Waals surface area (Å²) in [5, 5.41) is 13.5. The predicted octanol–water partition coefficient (Wildman–Crippen LogP) is 2.64. The van der Waals surface area contributed by atoms with E-state index >= 15 is 0 Å². The molecule has 39 heavy (non-hydrogen) atoms. The van der Waals surface area contributed by atoms with Gasteiger partial charge in [0.15, 0.2) is 0 Å². The van der Waals surface area contributed by atoms with Crippen LogP contribution < -0.4 is 10.9 Å². The second-order valence-electron chi connectivity index (χ2n) is 9.74. The number of carbonyl (C=O) groups is 1. The molecular formula is C31H35N5O3. The van der Waals surface area contributed by atoms with E-state index in [2.05, 4.69) is 50.7 Å². The number of rotatable bonds is 9. The molecule has 0 saturated carbocycles. The van der Waals surface area contributed by atoms with Gasteiger partial charge < -0.3 is 20.3 Å². The molecule has 1 aromatic heterocycles. The summed E-state index contributed by atoms with van der Waals surface area (Å²) in [7, 11) is 0. The second-order valence-corrected chi connectivity index (χ2v) is 9.74. The van der Waals surface area contributed by atoms with Crippen molar-refractivity contribution in [3.8, 4) is 17.6 Å². The van der Waals surface area contributed by atoms with Crippen molar-refractivity contribution in [1.82, 2.24) is 25.1 Å². The van der Waals surface area contributed by atoms with Gasteiger partial charge in [-0.15, -0.1) is 6.58 Å². The van der Waals surface area contributed by atoms with Gasteiger partial charge in [0.05, 0.1) is 12.0 Å². The van der Waals surface area contributed by atoms with E-state index in [1.165, 1.54) is 11.9 Å². The van der Waals surface area contributed by atoms with Gasteiger partial charge in [-0.3, -0.25) is 14.5 Å². The number of carbonyl (C=O) groups excluding carboxylic acids is 1. The van der Waals surface area contributed by atoms with Crippen LogP contribution in [0.5, 0.6) is 5.75 Å². The number of piperazine rings is 1. The third kappa shape index (κ3) is 7.90. The molecule has 8 heteroatoms. The van der Waals surface area contributed by atoms with Crippen LogP contribution in [0, 0.1) is 11.8 Å². The summed E-state index contributed by atoms with van der Waals surface area (Å²) in [4.78, 5) is 34.3. The lowest BCUT2D eigenvalue weighted by Gasteiger charge is -2.34. The summed E-state index contributed by atoms with van der Waals surface area (Å²) >= 11 is 0. The van der Waals surface area contributed by atoms with Crippen molar-refractivity contribution in [3.05, 3.63) is 106 Å². The van der Waals surface area contributed by atoms with Crippen molar-refractivity contribution in [1.29, 1.82) is 0 Å². The van der Waals surface area contributed by atoms with E-state index in [-0.39, 0.29) is 17.6 Å². The summed E-state index contributed by atoms with van der Waals surface area (Å²) in [5.41, 5.74) is 3.99. The molecule has 0 spiro atoms. The van der Waals surface area contributed by atoms with Crippen LogP contribution >= 0.6 is 0 Å². The van der Waals surface area contributed by atoms with Crippen LogP contribution in [0.15, 0.2) is 72.3 Å². The highest BCUT2D eigenvalue weighted by molar-refractivity contribution is 5.73. The number of nitrogens with one attached hydrogen (secondary N) is 2. The first kappa shape index (κ1) is 27.8. The lowest BCUT2D eigenvalue weighted by Crippen LogP contribution is -2.47. The van der Waals surface area contributed by atoms with Crippen LogP contribution in [0.25, 0.3) is 0 Å². The van der Waals surface area contributed by atoms with Gasteiger partial charge in [0.1, 0.15) is 0 Å². The van der Waals surface area contributed by atoms with Crippen LogP contribution in [0.1, 0.15) is 40.8 Å². The fourth-order valence-corrected chi connectivity index (χ4v) is 4.66. The molecule has 8 nitrogen and oxygen atoms in total. The van der Waals surface area contributed by atoms with Crippen molar-refractivity contribution < 1.29 is 9.90 Å². The van der Waals surface area contributed by atoms with Crippen molar-refractivity contribution in [2.75, 3.05) is 39.3 Å². The lowest BCUT2D eigenvalue weighted by molar-refractivity contribution is -0.130. The largest absolute Gasteiger partial charge is 0.502 e. The maximum Gasteiger partial charge on any atom is 0.293 e. The number of aromatic nitrogens is 2. The highest BCUT2D eigenvalue weighted by atomic mass is 16.3. The molecule has 1 saturated heterocycles. The number of hydrogen-bond acceptors (Lipinski definition) is 6. The highest BCUT2D eigenvalue weighted by Crippen LogP contribution is 2.23. The Morgan fingerprint density at radius 3 is 2.28 bits per heavy atom. The van der Waals surface area contributed by atoms with Gasteiger partial charge in [-0.25, -0.2) is 4.98 Å². The summed E-state index contributed by atoms with van der Waals surface area (Å²) in [6.45, 7) is 10.7. The molecule has 202 valence electrons. The van der Waals surface area contributed by atoms with E-state index in [1.807, 2.05) is 41.3 Å². The average molecular weight is 526 g/mol. The van der Waals surface area contributed by atoms with E-state index in [4.69, 9.17) is 0 Å². The molecule has 1 aliphatic heterocycles. The molecule has 0 aliphatic carbocycles. The van der Waals surface area contributed by atoms with E-state index < -0.39 is 5.56 Å². The summed E-state index contributed by atoms with van der Waals surface area (Å²) < 4.78 is 0. The Balaban J connectivity index is 1.36. The second kappa shape index (κ2) is 13.6. The fraction of sp³-hybridized carbons (Fsp3) is 0.323. The molecular weight excluding hydrogens is 490 g/mol. The van der Waals surface area contributed by atoms with E-state index in [0.29, 0.717) is 25.2 Å². The third-order valence-corrected chi connectivity index (χ3v) is 6.89. The minimum Gasteiger partial charge on any atom is -0.502 e. The average Bonchev–Trinajstić information content (AvgIpc) is 2.95. The van der Waals surface area contributed by atoms with Gasteiger partial charge in [0.25, 0.3) is 5.56 Å². The normalized spacial score (nSPS) is 14.3. The number of amides is 1. The third-order valence-electron chi connectivity index (χ3n) is 6.89. The van der Waals surface area contributed by atoms with Gasteiger partial charge in [0.2, 0.25) is 11.7 Å². The van der Waals surface area contributed by atoms with Gasteiger partial charge in [-0.1, -0.05) is 42.2 Å². The molecule has 3 N–H and O–H groups in total. The van der Waals surface area contributed by atoms with Gasteiger partial charge in [-0.2, -0.15) is 0 Å². The molecule has 1 atom stereocenters. The van der Waals surface area contributed by atoms with Crippen LogP contribution in [0.4, 0.5) is 0 Å². The van der Waals surface area contributed by atoms with Crippen LogP contribution in [0.2, 0.25) is 0 Å². The summed E-state index contributed by atoms with van der Waals surface area (Å²) in [6, 6.07) is 16.3. The standard InChI is InChI=1S/C31H35N5O3/c1-3-14-32-20-28(29-30(38)31(39)34-22-33-29)19-26-10-6-24(7-11-26)4-5-25-8-12-27(13-9-25)21-35-15-17-36(18-16-35)23(2)37/h3,6-13,22,28,32,38H,1,14-21H2,2H3,(H,33,34,39). The molecule has 1 unspecified atom stereocenters. The van der Waals surface area contributed by atoms with Gasteiger partial charge in [0, 0.05) is 69.8 Å². The van der Waals surface area contributed by atoms with Crippen molar-refractivity contribution >= 4 is 5.91 Å². The number of nitrogens with zero attached hydrogens (tertiary/aromatic N) is 3. The van der Waals surface area contributed by atoms with Gasteiger partial charge >= 0.3 is 0 Å². The molecule has 0 radical (unpaired) electrons. The Hall–Kier alpha value is -4.19. The zero-order chi connectivity index (χ0) is 27.6. The van der Waals surface area contributed by atoms with E-state index in [0.717, 1.165) is 49.4 Å². The molecule has 2 heterocycles. The molecule has 2 aromatic carbocycles. The highest BCUT2D eigenvalue weighted by Gasteiger charge is 2.20. The van der Waals surface area contributed by atoms with Crippen molar-refractivity contribution in [3.63, 3.8) is 0 Å². The minimum atomic E-state index is -0.542. The monoisotopic (exact) mass is 525 g/mol. The SMILES string of the molecule is C=CCNCC(Cc1ccc(C#Cc2ccc(CN3CCN(C(C)=O)CC3)cc2)cc1)c1nc[nH]c(=O)c1O. The Morgan fingerprint density at radius 2 is 1.69 bits per heavy atom. The maximum atomic E-state index is 11.9. The molecule has 0 bridgehead atoms. The quantitative estimate of drug-likeness (QED) is 0.226. The van der Waals surface area contributed by atoms with E-state index in [9.17, 15) is 14.7 Å². The molecule has 3 aromatic rings. The first-order valence-electron chi connectivity index (χ1n) is 13.2. The molecule has 1 amide bonds. The first-order chi connectivity index (χ1) is 18.9. The topological polar surface area (TPSA) is 102 Å². The van der Waals surface area contributed by atoms with Crippen LogP contribution in [0.3, 0.4) is 0 Å². The Labute approximate surface area is 229 Å². The lowest BCUT2D eigenvalue weighted by atomic mass is 9.94. The number of H-pyrrole nitrogens is 1. The predicted molar refractivity (Wildman–Crippen MR) is 152 cm³/mol. The fourth-order valence-electron chi connectivity index (χ4n) is 4.66. The Bertz CT molecular complexity index is 1380. The summed E-state index contributed by atoms with van der Waals surface area (Å²) in [5.74, 6) is 6.09. The molecule has 4 rings (SSSR count). The number of hydrogen-bond donors (Lipinski definition) is 3. The van der Waals surface area contributed by atoms with Crippen LogP contribution in [-0.4, -0.2) is 70.1 Å². The zero-order valence-electron chi connectivity index (χ0n) is 22.3. The van der Waals surface area contributed by atoms with Crippen LogP contribution in [-0.2, 0) is 17.8 Å². The smallest absolute Gasteiger partial charge is 0.293 e. The maximum absolute atomic E-state index is 11.9. The Kier molecular flexibility index (Phi) is 9.68. The van der Waals surface area contributed by atoms with E-state index in [1.54, 1.807) is 13.0 Å². The number of aromatic hydroxyl groups is 1. The van der Waals surface area contributed by atoms with Gasteiger partial charge in [-0.05, 0) is 41.8 Å².